The molecule has 2 amide bonds. The smallest absolute Gasteiger partial charge is 0.317 e. The molecule has 6 nitrogen and oxygen atoms in total. The van der Waals surface area contributed by atoms with Crippen molar-refractivity contribution in [3.8, 4) is 11.4 Å². The molecule has 1 N–H and O–H groups in total. The highest BCUT2D eigenvalue weighted by molar-refractivity contribution is 5.75. The second-order valence-corrected chi connectivity index (χ2v) is 7.50. The third kappa shape index (κ3) is 3.45. The van der Waals surface area contributed by atoms with Gasteiger partial charge in [-0.15, -0.1) is 0 Å². The summed E-state index contributed by atoms with van der Waals surface area (Å²) in [5.41, 5.74) is 2.20. The van der Waals surface area contributed by atoms with Gasteiger partial charge in [-0.25, -0.2) is 9.78 Å². The van der Waals surface area contributed by atoms with Crippen LogP contribution in [0, 0.1) is 6.92 Å². The molecular weight excluding hydrogens is 326 g/mol. The van der Waals surface area contributed by atoms with Crippen LogP contribution in [0.3, 0.4) is 0 Å². The molecule has 4 rings (SSSR count). The van der Waals surface area contributed by atoms with Crippen LogP contribution in [0.4, 0.5) is 4.79 Å². The van der Waals surface area contributed by atoms with E-state index in [1.54, 1.807) is 12.4 Å². The minimum atomic E-state index is 0.0997. The maximum Gasteiger partial charge on any atom is 0.317 e. The fourth-order valence-electron chi connectivity index (χ4n) is 4.27. The number of rotatable bonds is 3. The number of carbonyl (C=O) groups is 1. The number of nitrogens with one attached hydrogen (secondary N) is 1. The molecule has 0 aromatic carbocycles. The summed E-state index contributed by atoms with van der Waals surface area (Å²) in [5.74, 6) is 0.962. The van der Waals surface area contributed by atoms with Gasteiger partial charge in [0.1, 0.15) is 5.82 Å². The van der Waals surface area contributed by atoms with E-state index in [0.717, 1.165) is 49.4 Å². The van der Waals surface area contributed by atoms with E-state index in [1.165, 1.54) is 19.3 Å². The van der Waals surface area contributed by atoms with Gasteiger partial charge in [0.15, 0.2) is 0 Å². The van der Waals surface area contributed by atoms with Gasteiger partial charge in [-0.3, -0.25) is 4.98 Å². The number of nitrogens with zero attached hydrogens (tertiary/aromatic N) is 4. The van der Waals surface area contributed by atoms with Crippen molar-refractivity contribution in [3.63, 3.8) is 0 Å². The summed E-state index contributed by atoms with van der Waals surface area (Å²) in [4.78, 5) is 23.3. The van der Waals surface area contributed by atoms with Gasteiger partial charge in [0, 0.05) is 49.0 Å². The first kappa shape index (κ1) is 17.1. The Bertz CT molecular complexity index is 751. The lowest BCUT2D eigenvalue weighted by atomic mass is 9.96. The zero-order valence-corrected chi connectivity index (χ0v) is 15.4. The number of hydrogen-bond acceptors (Lipinski definition) is 3. The minimum Gasteiger partial charge on any atom is -0.335 e. The Morgan fingerprint density at radius 3 is 2.69 bits per heavy atom. The topological polar surface area (TPSA) is 63.1 Å². The summed E-state index contributed by atoms with van der Waals surface area (Å²) in [6, 6.07) is 4.71. The van der Waals surface area contributed by atoms with Crippen molar-refractivity contribution >= 4 is 6.03 Å². The van der Waals surface area contributed by atoms with E-state index >= 15 is 0 Å². The summed E-state index contributed by atoms with van der Waals surface area (Å²) >= 11 is 0. The molecule has 26 heavy (non-hydrogen) atoms. The van der Waals surface area contributed by atoms with Gasteiger partial charge >= 0.3 is 6.03 Å². The first-order valence-corrected chi connectivity index (χ1v) is 9.72. The van der Waals surface area contributed by atoms with E-state index in [1.807, 2.05) is 23.2 Å². The van der Waals surface area contributed by atoms with Gasteiger partial charge in [0.2, 0.25) is 0 Å². The SMILES string of the molecule is Cc1cnc(-c2ccncc2)n1C1CCN(C(=O)NC2CCCCC2)C1. The van der Waals surface area contributed by atoms with Crippen LogP contribution in [-0.4, -0.2) is 44.6 Å². The third-order valence-electron chi connectivity index (χ3n) is 5.67. The Morgan fingerprint density at radius 2 is 1.92 bits per heavy atom. The summed E-state index contributed by atoms with van der Waals surface area (Å²) in [5, 5.41) is 3.24. The molecular formula is C20H27N5O. The number of aromatic nitrogens is 3. The van der Waals surface area contributed by atoms with E-state index in [9.17, 15) is 4.79 Å². The van der Waals surface area contributed by atoms with E-state index in [-0.39, 0.29) is 12.1 Å². The number of likely N-dealkylation sites (tertiary alicyclic amines) is 1. The molecule has 2 aliphatic rings. The van der Waals surface area contributed by atoms with Gasteiger partial charge in [0.05, 0.1) is 6.04 Å². The molecule has 2 aromatic rings. The van der Waals surface area contributed by atoms with Crippen LogP contribution < -0.4 is 5.32 Å². The number of pyridine rings is 1. The van der Waals surface area contributed by atoms with Crippen molar-refractivity contribution < 1.29 is 4.79 Å². The predicted octanol–water partition coefficient (Wildman–Crippen LogP) is 3.54. The summed E-state index contributed by atoms with van der Waals surface area (Å²) in [6.45, 7) is 3.63. The molecule has 1 aliphatic heterocycles. The fraction of sp³-hybridized carbons (Fsp3) is 0.550. The van der Waals surface area contributed by atoms with Crippen molar-refractivity contribution in [3.05, 3.63) is 36.4 Å². The van der Waals surface area contributed by atoms with Gasteiger partial charge in [-0.05, 0) is 38.3 Å². The molecule has 0 bridgehead atoms. The van der Waals surface area contributed by atoms with E-state index < -0.39 is 0 Å². The van der Waals surface area contributed by atoms with Crippen molar-refractivity contribution in [2.45, 2.75) is 57.5 Å². The molecule has 0 spiro atoms. The summed E-state index contributed by atoms with van der Waals surface area (Å²) in [6.07, 6.45) is 12.5. The standard InChI is InChI=1S/C20H27N5O/c1-15-13-22-19(16-7-10-21-11-8-16)25(15)18-9-12-24(14-18)20(26)23-17-5-3-2-4-6-17/h7-8,10-11,13,17-18H,2-6,9,12,14H2,1H3,(H,23,26). The highest BCUT2D eigenvalue weighted by atomic mass is 16.2. The maximum absolute atomic E-state index is 12.7. The minimum absolute atomic E-state index is 0.0997. The highest BCUT2D eigenvalue weighted by Crippen LogP contribution is 2.29. The number of carbonyl (C=O) groups excluding carboxylic acids is 1. The predicted molar refractivity (Wildman–Crippen MR) is 101 cm³/mol. The molecule has 1 saturated heterocycles. The Morgan fingerprint density at radius 1 is 1.15 bits per heavy atom. The van der Waals surface area contributed by atoms with Crippen LogP contribution in [0.15, 0.2) is 30.7 Å². The molecule has 138 valence electrons. The highest BCUT2D eigenvalue weighted by Gasteiger charge is 2.30. The van der Waals surface area contributed by atoms with Crippen molar-refractivity contribution in [1.82, 2.24) is 24.8 Å². The largest absolute Gasteiger partial charge is 0.335 e. The Hall–Kier alpha value is -2.37. The van der Waals surface area contributed by atoms with Gasteiger partial charge in [-0.1, -0.05) is 19.3 Å². The normalized spacial score (nSPS) is 21.1. The van der Waals surface area contributed by atoms with Crippen LogP contribution in [0.5, 0.6) is 0 Å². The number of amides is 2. The van der Waals surface area contributed by atoms with Crippen LogP contribution in [0.1, 0.15) is 50.3 Å². The van der Waals surface area contributed by atoms with E-state index in [2.05, 4.69) is 26.8 Å². The number of aryl methyl sites for hydroxylation is 1. The van der Waals surface area contributed by atoms with Gasteiger partial charge in [-0.2, -0.15) is 0 Å². The van der Waals surface area contributed by atoms with Crippen molar-refractivity contribution in [2.75, 3.05) is 13.1 Å². The Balaban J connectivity index is 1.46. The molecule has 3 heterocycles. The first-order chi connectivity index (χ1) is 12.7. The quantitative estimate of drug-likeness (QED) is 0.918. The van der Waals surface area contributed by atoms with Crippen LogP contribution in [0.2, 0.25) is 0 Å². The lowest BCUT2D eigenvalue weighted by Gasteiger charge is -2.26. The maximum atomic E-state index is 12.7. The Labute approximate surface area is 154 Å². The molecule has 1 saturated carbocycles. The monoisotopic (exact) mass is 353 g/mol. The average molecular weight is 353 g/mol. The molecule has 1 unspecified atom stereocenters. The van der Waals surface area contributed by atoms with E-state index in [4.69, 9.17) is 0 Å². The Kier molecular flexibility index (Phi) is 4.91. The molecule has 1 atom stereocenters. The van der Waals surface area contributed by atoms with E-state index in [0.29, 0.717) is 6.04 Å². The molecule has 2 aromatic heterocycles. The zero-order valence-electron chi connectivity index (χ0n) is 15.4. The number of imidazole rings is 1. The van der Waals surface area contributed by atoms with Gasteiger partial charge in [0.25, 0.3) is 0 Å². The lowest BCUT2D eigenvalue weighted by molar-refractivity contribution is 0.199. The van der Waals surface area contributed by atoms with Crippen LogP contribution in [-0.2, 0) is 0 Å². The average Bonchev–Trinajstić information content (AvgIpc) is 3.30. The second-order valence-electron chi connectivity index (χ2n) is 7.50. The number of urea groups is 1. The fourth-order valence-corrected chi connectivity index (χ4v) is 4.27. The lowest BCUT2D eigenvalue weighted by Crippen LogP contribution is -2.44. The van der Waals surface area contributed by atoms with Gasteiger partial charge < -0.3 is 14.8 Å². The van der Waals surface area contributed by atoms with Crippen LogP contribution >= 0.6 is 0 Å². The number of hydrogen-bond donors (Lipinski definition) is 1. The van der Waals surface area contributed by atoms with Crippen molar-refractivity contribution in [1.29, 1.82) is 0 Å². The summed E-state index contributed by atoms with van der Waals surface area (Å²) < 4.78 is 2.28. The molecule has 6 heteroatoms. The third-order valence-corrected chi connectivity index (χ3v) is 5.67. The van der Waals surface area contributed by atoms with Crippen molar-refractivity contribution in [2.24, 2.45) is 0 Å². The van der Waals surface area contributed by atoms with Crippen LogP contribution in [0.25, 0.3) is 11.4 Å². The molecule has 1 aliphatic carbocycles. The zero-order chi connectivity index (χ0) is 17.9. The summed E-state index contributed by atoms with van der Waals surface area (Å²) in [7, 11) is 0. The second kappa shape index (κ2) is 7.48. The first-order valence-electron chi connectivity index (χ1n) is 9.72. The molecule has 2 fully saturated rings. The molecule has 0 radical (unpaired) electrons.